The summed E-state index contributed by atoms with van der Waals surface area (Å²) in [4.78, 5) is 37.7. The van der Waals surface area contributed by atoms with E-state index in [9.17, 15) is 14.4 Å². The van der Waals surface area contributed by atoms with Crippen LogP contribution in [0.15, 0.2) is 23.1 Å². The van der Waals surface area contributed by atoms with Gasteiger partial charge < -0.3 is 15.0 Å². The van der Waals surface area contributed by atoms with E-state index >= 15 is 0 Å². The fraction of sp³-hybridized carbons (Fsp3) is 0.400. The molecular formula is C15H18N2O3S. The van der Waals surface area contributed by atoms with Gasteiger partial charge in [-0.1, -0.05) is 6.07 Å². The number of rotatable bonds is 6. The zero-order valence-electron chi connectivity index (χ0n) is 12.1. The van der Waals surface area contributed by atoms with Gasteiger partial charge in [-0.15, -0.1) is 11.8 Å². The van der Waals surface area contributed by atoms with Gasteiger partial charge in [0, 0.05) is 30.5 Å². The average molecular weight is 306 g/mol. The van der Waals surface area contributed by atoms with E-state index in [4.69, 9.17) is 0 Å². The second kappa shape index (κ2) is 6.76. The number of hydrogen-bond acceptors (Lipinski definition) is 4. The van der Waals surface area contributed by atoms with Gasteiger partial charge in [0.25, 0.3) is 5.91 Å². The quantitative estimate of drug-likeness (QED) is 0.638. The maximum Gasteiger partial charge on any atom is 0.255 e. The van der Waals surface area contributed by atoms with E-state index in [1.54, 1.807) is 29.8 Å². The Morgan fingerprint density at radius 3 is 2.90 bits per heavy atom. The summed E-state index contributed by atoms with van der Waals surface area (Å²) in [6, 6.07) is 5.06. The van der Waals surface area contributed by atoms with E-state index in [0.717, 1.165) is 16.7 Å². The number of thioether (sulfide) groups is 1. The highest BCUT2D eigenvalue weighted by Crippen LogP contribution is 2.32. The van der Waals surface area contributed by atoms with E-state index in [1.165, 1.54) is 0 Å². The van der Waals surface area contributed by atoms with Crippen molar-refractivity contribution in [2.75, 3.05) is 13.3 Å². The first kappa shape index (κ1) is 15.6. The van der Waals surface area contributed by atoms with Crippen LogP contribution in [0.3, 0.4) is 0 Å². The van der Waals surface area contributed by atoms with Crippen LogP contribution in [0.25, 0.3) is 0 Å². The Balaban J connectivity index is 2.17. The third-order valence-corrected chi connectivity index (χ3v) is 4.50. The summed E-state index contributed by atoms with van der Waals surface area (Å²) in [5.41, 5.74) is 1.63. The minimum Gasteiger partial charge on any atom is -0.359 e. The van der Waals surface area contributed by atoms with Crippen molar-refractivity contribution in [2.24, 2.45) is 0 Å². The van der Waals surface area contributed by atoms with Crippen LogP contribution in [0.4, 0.5) is 0 Å². The number of aldehydes is 1. The molecule has 0 spiro atoms. The molecule has 1 N–H and O–H groups in total. The van der Waals surface area contributed by atoms with E-state index in [0.29, 0.717) is 18.5 Å². The lowest BCUT2D eigenvalue weighted by atomic mass is 10.1. The molecule has 0 fully saturated rings. The van der Waals surface area contributed by atoms with Crippen LogP contribution in [0, 0.1) is 0 Å². The van der Waals surface area contributed by atoms with Crippen LogP contribution in [0.1, 0.15) is 28.8 Å². The minimum atomic E-state index is -0.558. The molecule has 2 amide bonds. The van der Waals surface area contributed by atoms with Gasteiger partial charge in [-0.2, -0.15) is 0 Å². The second-order valence-corrected chi connectivity index (χ2v) is 5.68. The van der Waals surface area contributed by atoms with E-state index in [-0.39, 0.29) is 18.2 Å². The fourth-order valence-corrected chi connectivity index (χ4v) is 3.12. The summed E-state index contributed by atoms with van der Waals surface area (Å²) >= 11 is 1.59. The van der Waals surface area contributed by atoms with Gasteiger partial charge in [-0.05, 0) is 30.4 Å². The number of nitrogens with zero attached hydrogens (tertiary/aromatic N) is 1. The maximum atomic E-state index is 12.4. The monoisotopic (exact) mass is 306 g/mol. The summed E-state index contributed by atoms with van der Waals surface area (Å²) in [5, 5.41) is 2.52. The Hall–Kier alpha value is -1.82. The van der Waals surface area contributed by atoms with E-state index in [1.807, 2.05) is 18.4 Å². The molecule has 0 saturated heterocycles. The summed E-state index contributed by atoms with van der Waals surface area (Å²) in [7, 11) is 1.56. The SMILES string of the molecule is CNC(=O)CCC(C=O)N1Cc2c(SC)cccc2C1=O. The Morgan fingerprint density at radius 2 is 2.29 bits per heavy atom. The number of amides is 2. The van der Waals surface area contributed by atoms with Crippen LogP contribution < -0.4 is 5.32 Å². The molecule has 0 saturated carbocycles. The molecule has 1 aliphatic heterocycles. The van der Waals surface area contributed by atoms with E-state index < -0.39 is 6.04 Å². The Morgan fingerprint density at radius 1 is 1.52 bits per heavy atom. The van der Waals surface area contributed by atoms with Gasteiger partial charge in [0.1, 0.15) is 6.29 Å². The number of fused-ring (bicyclic) bond motifs is 1. The standard InChI is InChI=1S/C15H18N2O3S/c1-16-14(19)7-6-10(9-18)17-8-12-11(15(17)20)4-3-5-13(12)21-2/h3-5,9-10H,6-8H2,1-2H3,(H,16,19). The molecule has 0 radical (unpaired) electrons. The Bertz CT molecular complexity index is 574. The summed E-state index contributed by atoms with van der Waals surface area (Å²) in [6.07, 6.45) is 3.30. The smallest absolute Gasteiger partial charge is 0.255 e. The van der Waals surface area contributed by atoms with Crippen molar-refractivity contribution in [2.45, 2.75) is 30.3 Å². The fourth-order valence-electron chi connectivity index (χ4n) is 2.49. The molecule has 0 aliphatic carbocycles. The van der Waals surface area contributed by atoms with Gasteiger partial charge in [0.05, 0.1) is 6.04 Å². The van der Waals surface area contributed by atoms with Crippen molar-refractivity contribution in [3.05, 3.63) is 29.3 Å². The zero-order valence-corrected chi connectivity index (χ0v) is 12.9. The van der Waals surface area contributed by atoms with E-state index in [2.05, 4.69) is 5.32 Å². The van der Waals surface area contributed by atoms with Gasteiger partial charge in [0.2, 0.25) is 5.91 Å². The van der Waals surface area contributed by atoms with Gasteiger partial charge in [-0.3, -0.25) is 9.59 Å². The van der Waals surface area contributed by atoms with Crippen molar-refractivity contribution >= 4 is 29.9 Å². The largest absolute Gasteiger partial charge is 0.359 e. The predicted molar refractivity (Wildman–Crippen MR) is 81.2 cm³/mol. The van der Waals surface area contributed by atoms with Crippen LogP contribution in [-0.4, -0.2) is 42.3 Å². The molecule has 1 aromatic carbocycles. The molecule has 2 rings (SSSR count). The molecule has 112 valence electrons. The van der Waals surface area contributed by atoms with Crippen molar-refractivity contribution in [1.29, 1.82) is 0 Å². The first-order valence-corrected chi connectivity index (χ1v) is 7.97. The van der Waals surface area contributed by atoms with Gasteiger partial charge >= 0.3 is 0 Å². The Labute approximate surface area is 128 Å². The molecule has 6 heteroatoms. The number of carbonyl (C=O) groups is 3. The third-order valence-electron chi connectivity index (χ3n) is 3.68. The lowest BCUT2D eigenvalue weighted by Crippen LogP contribution is -2.37. The van der Waals surface area contributed by atoms with Crippen molar-refractivity contribution in [1.82, 2.24) is 10.2 Å². The highest BCUT2D eigenvalue weighted by molar-refractivity contribution is 7.98. The average Bonchev–Trinajstić information content (AvgIpc) is 2.85. The summed E-state index contributed by atoms with van der Waals surface area (Å²) in [5.74, 6) is -0.259. The Kier molecular flexibility index (Phi) is 5.01. The molecule has 21 heavy (non-hydrogen) atoms. The first-order valence-electron chi connectivity index (χ1n) is 6.75. The lowest BCUT2D eigenvalue weighted by molar-refractivity contribution is -0.121. The van der Waals surface area contributed by atoms with Gasteiger partial charge in [0.15, 0.2) is 0 Å². The molecule has 0 aromatic heterocycles. The molecular weight excluding hydrogens is 288 g/mol. The highest BCUT2D eigenvalue weighted by Gasteiger charge is 2.33. The first-order chi connectivity index (χ1) is 10.1. The zero-order chi connectivity index (χ0) is 15.4. The van der Waals surface area contributed by atoms with Crippen LogP contribution >= 0.6 is 11.8 Å². The number of carbonyl (C=O) groups excluding carboxylic acids is 3. The van der Waals surface area contributed by atoms with Crippen molar-refractivity contribution in [3.63, 3.8) is 0 Å². The highest BCUT2D eigenvalue weighted by atomic mass is 32.2. The van der Waals surface area contributed by atoms with Crippen LogP contribution in [0.2, 0.25) is 0 Å². The summed E-state index contributed by atoms with van der Waals surface area (Å²) < 4.78 is 0. The molecule has 0 bridgehead atoms. The number of hydrogen-bond donors (Lipinski definition) is 1. The topological polar surface area (TPSA) is 66.5 Å². The summed E-state index contributed by atoms with van der Waals surface area (Å²) in [6.45, 7) is 0.433. The molecule has 1 unspecified atom stereocenters. The third kappa shape index (κ3) is 3.10. The van der Waals surface area contributed by atoms with Crippen LogP contribution in [0.5, 0.6) is 0 Å². The van der Waals surface area contributed by atoms with Crippen molar-refractivity contribution < 1.29 is 14.4 Å². The predicted octanol–water partition coefficient (Wildman–Crippen LogP) is 1.46. The minimum absolute atomic E-state index is 0.129. The molecule has 1 aliphatic rings. The number of benzene rings is 1. The lowest BCUT2D eigenvalue weighted by Gasteiger charge is -2.22. The maximum absolute atomic E-state index is 12.4. The number of nitrogens with one attached hydrogen (secondary N) is 1. The molecule has 1 aromatic rings. The molecule has 1 heterocycles. The van der Waals surface area contributed by atoms with Crippen molar-refractivity contribution in [3.8, 4) is 0 Å². The van der Waals surface area contributed by atoms with Crippen LogP contribution in [-0.2, 0) is 16.1 Å². The molecule has 5 nitrogen and oxygen atoms in total. The molecule has 1 atom stereocenters. The normalized spacial score (nSPS) is 14.8. The van der Waals surface area contributed by atoms with Gasteiger partial charge in [-0.25, -0.2) is 0 Å². The second-order valence-electron chi connectivity index (χ2n) is 4.83.